The van der Waals surface area contributed by atoms with Crippen molar-refractivity contribution in [2.75, 3.05) is 36.5 Å². The largest absolute Gasteiger partial charge is 0.378 e. The Morgan fingerprint density at radius 3 is 2.74 bits per heavy atom. The highest BCUT2D eigenvalue weighted by atomic mass is 16.6. The quantitative estimate of drug-likeness (QED) is 0.485. The van der Waals surface area contributed by atoms with Crippen LogP contribution in [0.5, 0.6) is 0 Å². The molecule has 162 valence electrons. The molecule has 1 aliphatic heterocycles. The Kier molecular flexibility index (Phi) is 5.33. The van der Waals surface area contributed by atoms with Crippen LogP contribution in [-0.4, -0.2) is 56.2 Å². The van der Waals surface area contributed by atoms with Gasteiger partial charge in [-0.15, -0.1) is 5.10 Å². The lowest BCUT2D eigenvalue weighted by Gasteiger charge is -2.28. The number of aromatic nitrogens is 5. The third kappa shape index (κ3) is 4.00. The van der Waals surface area contributed by atoms with Crippen LogP contribution in [0, 0.1) is 10.1 Å². The number of benzene rings is 1. The lowest BCUT2D eigenvalue weighted by molar-refractivity contribution is -0.384. The smallest absolute Gasteiger partial charge is 0.294 e. The summed E-state index contributed by atoms with van der Waals surface area (Å²) in [6.07, 6.45) is 7.39. The van der Waals surface area contributed by atoms with Crippen molar-refractivity contribution in [2.24, 2.45) is 0 Å². The molecule has 1 N–H and O–H groups in total. The molecule has 1 saturated carbocycles. The molecule has 2 aromatic heterocycles. The van der Waals surface area contributed by atoms with E-state index >= 15 is 0 Å². The van der Waals surface area contributed by atoms with Crippen molar-refractivity contribution in [1.82, 2.24) is 25.0 Å². The minimum absolute atomic E-state index is 0.0434. The van der Waals surface area contributed by atoms with Gasteiger partial charge in [-0.25, -0.2) is 9.67 Å². The molecule has 2 fully saturated rings. The fourth-order valence-electron chi connectivity index (χ4n) is 4.32. The number of rotatable bonds is 5. The second-order valence-corrected chi connectivity index (χ2v) is 7.91. The van der Waals surface area contributed by atoms with Crippen LogP contribution >= 0.6 is 0 Å². The maximum Gasteiger partial charge on any atom is 0.294 e. The van der Waals surface area contributed by atoms with E-state index in [4.69, 9.17) is 4.74 Å². The van der Waals surface area contributed by atoms with Crippen molar-refractivity contribution >= 4 is 34.2 Å². The molecule has 3 heterocycles. The van der Waals surface area contributed by atoms with Gasteiger partial charge in [0.25, 0.3) is 5.69 Å². The second-order valence-electron chi connectivity index (χ2n) is 7.91. The van der Waals surface area contributed by atoms with Gasteiger partial charge in [-0.3, -0.25) is 10.1 Å². The minimum atomic E-state index is -0.359. The molecule has 1 aromatic carbocycles. The van der Waals surface area contributed by atoms with Gasteiger partial charge < -0.3 is 15.0 Å². The molecule has 3 aromatic rings. The Balaban J connectivity index is 1.42. The van der Waals surface area contributed by atoms with Gasteiger partial charge in [-0.2, -0.15) is 4.98 Å². The van der Waals surface area contributed by atoms with Crippen molar-refractivity contribution in [3.63, 3.8) is 0 Å². The molecular formula is C20H24N8O3. The summed E-state index contributed by atoms with van der Waals surface area (Å²) in [5.41, 5.74) is 2.52. The lowest BCUT2D eigenvalue weighted by atomic mass is 9.96. The highest BCUT2D eigenvalue weighted by molar-refractivity contribution is 5.73. The summed E-state index contributed by atoms with van der Waals surface area (Å²) in [6, 6.07) is 5.39. The van der Waals surface area contributed by atoms with Gasteiger partial charge in [-0.05, 0) is 25.0 Å². The third-order valence-electron chi connectivity index (χ3n) is 5.92. The van der Waals surface area contributed by atoms with Crippen molar-refractivity contribution in [1.29, 1.82) is 0 Å². The molecule has 1 saturated heterocycles. The van der Waals surface area contributed by atoms with E-state index in [1.165, 1.54) is 25.3 Å². The summed E-state index contributed by atoms with van der Waals surface area (Å²) < 4.78 is 7.25. The summed E-state index contributed by atoms with van der Waals surface area (Å²) in [7, 11) is 0. The number of nitrogens with one attached hydrogen (secondary N) is 1. The van der Waals surface area contributed by atoms with Crippen molar-refractivity contribution in [2.45, 2.75) is 38.1 Å². The van der Waals surface area contributed by atoms with Gasteiger partial charge in [0, 0.05) is 24.8 Å². The average molecular weight is 424 g/mol. The van der Waals surface area contributed by atoms with E-state index in [1.54, 1.807) is 12.3 Å². The summed E-state index contributed by atoms with van der Waals surface area (Å²) in [6.45, 7) is 2.39. The lowest BCUT2D eigenvalue weighted by Crippen LogP contribution is -2.36. The highest BCUT2D eigenvalue weighted by Crippen LogP contribution is 2.33. The van der Waals surface area contributed by atoms with Gasteiger partial charge in [0.1, 0.15) is 5.69 Å². The van der Waals surface area contributed by atoms with Gasteiger partial charge in [-0.1, -0.05) is 24.5 Å². The topological polar surface area (TPSA) is 124 Å². The van der Waals surface area contributed by atoms with E-state index in [0.29, 0.717) is 60.8 Å². The zero-order valence-corrected chi connectivity index (χ0v) is 17.1. The van der Waals surface area contributed by atoms with Gasteiger partial charge in [0.05, 0.1) is 30.4 Å². The number of anilines is 3. The second kappa shape index (κ2) is 8.42. The first kappa shape index (κ1) is 19.6. The molecule has 11 heteroatoms. The number of nitrogens with zero attached hydrogens (tertiary/aromatic N) is 7. The van der Waals surface area contributed by atoms with Gasteiger partial charge in [0.15, 0.2) is 11.2 Å². The summed E-state index contributed by atoms with van der Waals surface area (Å²) in [5.74, 6) is 0.361. The van der Waals surface area contributed by atoms with E-state index in [1.807, 2.05) is 15.6 Å². The third-order valence-corrected chi connectivity index (χ3v) is 5.92. The van der Waals surface area contributed by atoms with Crippen molar-refractivity contribution in [3.8, 4) is 0 Å². The van der Waals surface area contributed by atoms with Crippen LogP contribution in [0.3, 0.4) is 0 Å². The average Bonchev–Trinajstić information content (AvgIpc) is 3.23. The van der Waals surface area contributed by atoms with E-state index in [-0.39, 0.29) is 10.6 Å². The molecule has 2 aliphatic rings. The first-order valence-electron chi connectivity index (χ1n) is 10.6. The summed E-state index contributed by atoms with van der Waals surface area (Å²) in [5, 5.41) is 23.3. The summed E-state index contributed by atoms with van der Waals surface area (Å²) >= 11 is 0. The molecule has 0 spiro atoms. The van der Waals surface area contributed by atoms with Crippen molar-refractivity contribution in [3.05, 3.63) is 34.5 Å². The Morgan fingerprint density at radius 2 is 1.97 bits per heavy atom. The fraction of sp³-hybridized carbons (Fsp3) is 0.500. The molecule has 0 atom stereocenters. The molecular weight excluding hydrogens is 400 g/mol. The van der Waals surface area contributed by atoms with Crippen LogP contribution in [0.25, 0.3) is 11.2 Å². The Bertz CT molecular complexity index is 1090. The zero-order valence-electron chi connectivity index (χ0n) is 17.1. The number of nitro groups is 1. The number of morpholine rings is 1. The molecule has 1 aliphatic carbocycles. The molecule has 31 heavy (non-hydrogen) atoms. The molecule has 0 amide bonds. The Hall–Kier alpha value is -3.34. The van der Waals surface area contributed by atoms with E-state index < -0.39 is 0 Å². The minimum Gasteiger partial charge on any atom is -0.378 e. The number of ether oxygens (including phenoxy) is 1. The molecule has 11 nitrogen and oxygen atoms in total. The predicted octanol–water partition coefficient (Wildman–Crippen LogP) is 3.21. The monoisotopic (exact) mass is 424 g/mol. The van der Waals surface area contributed by atoms with Crippen LogP contribution in [0.1, 0.15) is 38.1 Å². The normalized spacial score (nSPS) is 17.7. The van der Waals surface area contributed by atoms with Gasteiger partial charge in [0.2, 0.25) is 5.95 Å². The van der Waals surface area contributed by atoms with Gasteiger partial charge >= 0.3 is 0 Å². The summed E-state index contributed by atoms with van der Waals surface area (Å²) in [4.78, 5) is 22.2. The SMILES string of the molecule is O=[N+]([O-])c1cc(Nc2ncc3nnn(C4CCCCC4)c3n2)ccc1N1CCOCC1. The van der Waals surface area contributed by atoms with Crippen molar-refractivity contribution < 1.29 is 9.66 Å². The Labute approximate surface area is 178 Å². The first-order valence-corrected chi connectivity index (χ1v) is 10.6. The highest BCUT2D eigenvalue weighted by Gasteiger charge is 2.23. The molecule has 5 rings (SSSR count). The molecule has 0 bridgehead atoms. The maximum atomic E-state index is 11.7. The fourth-order valence-corrected chi connectivity index (χ4v) is 4.32. The van der Waals surface area contributed by atoms with Crippen LogP contribution in [0.4, 0.5) is 23.0 Å². The number of fused-ring (bicyclic) bond motifs is 1. The predicted molar refractivity (Wildman–Crippen MR) is 115 cm³/mol. The van der Waals surface area contributed by atoms with E-state index in [0.717, 1.165) is 12.8 Å². The Morgan fingerprint density at radius 1 is 1.16 bits per heavy atom. The van der Waals surface area contributed by atoms with Crippen LogP contribution in [-0.2, 0) is 4.74 Å². The molecule has 0 radical (unpaired) electrons. The molecule has 0 unspecified atom stereocenters. The van der Waals surface area contributed by atoms with E-state index in [2.05, 4.69) is 25.6 Å². The first-order chi connectivity index (χ1) is 15.2. The van der Waals surface area contributed by atoms with E-state index in [9.17, 15) is 10.1 Å². The van der Waals surface area contributed by atoms with Crippen LogP contribution in [0.2, 0.25) is 0 Å². The van der Waals surface area contributed by atoms with Crippen LogP contribution < -0.4 is 10.2 Å². The standard InChI is InChI=1S/C20H24N8O3/c29-28(30)18-12-14(6-7-17(18)26-8-10-31-11-9-26)22-20-21-13-16-19(23-20)27(25-24-16)15-4-2-1-3-5-15/h6-7,12-13,15H,1-5,8-11H2,(H,21,22,23). The van der Waals surface area contributed by atoms with Crippen LogP contribution in [0.15, 0.2) is 24.4 Å². The zero-order chi connectivity index (χ0) is 21.2. The number of hydrogen-bond donors (Lipinski definition) is 1. The maximum absolute atomic E-state index is 11.7. The number of nitro benzene ring substituents is 1. The number of hydrogen-bond acceptors (Lipinski definition) is 9.